The van der Waals surface area contributed by atoms with Gasteiger partial charge < -0.3 is 9.47 Å². The van der Waals surface area contributed by atoms with Crippen LogP contribution in [0.1, 0.15) is 41.5 Å². The number of hydrogen-bond acceptors (Lipinski definition) is 4. The van der Waals surface area contributed by atoms with Gasteiger partial charge in [0.2, 0.25) is 0 Å². The Labute approximate surface area is 154 Å². The van der Waals surface area contributed by atoms with Crippen LogP contribution in [0.5, 0.6) is 0 Å². The van der Waals surface area contributed by atoms with E-state index in [4.69, 9.17) is 9.47 Å². The molecule has 5 nitrogen and oxygen atoms in total. The summed E-state index contributed by atoms with van der Waals surface area (Å²) in [4.78, 5) is 22.9. The summed E-state index contributed by atoms with van der Waals surface area (Å²) in [5.74, 6) is 0. The molecule has 27 heavy (non-hydrogen) atoms. The number of benzene rings is 1. The molecule has 0 aliphatic carbocycles. The minimum absolute atomic E-state index is 0.0959. The number of amides is 2. The van der Waals surface area contributed by atoms with Crippen molar-refractivity contribution >= 4 is 28.1 Å². The molecular weight excluding hydrogens is 397 g/mol. The zero-order chi connectivity index (χ0) is 21.5. The Bertz CT molecular complexity index is 706. The summed E-state index contributed by atoms with van der Waals surface area (Å²) in [7, 11) is -9.88. The van der Waals surface area contributed by atoms with E-state index >= 15 is 0 Å². The first-order valence-corrected chi connectivity index (χ1v) is 9.64. The number of ether oxygens (including phenoxy) is 2. The topological polar surface area (TPSA) is 55.8 Å². The number of rotatable bonds is 2. The van der Waals surface area contributed by atoms with E-state index in [-0.39, 0.29) is 12.1 Å². The van der Waals surface area contributed by atoms with Crippen LogP contribution in [0.4, 0.5) is 34.7 Å². The van der Waals surface area contributed by atoms with Crippen LogP contribution in [0.3, 0.4) is 0 Å². The number of anilines is 1. The van der Waals surface area contributed by atoms with Crippen LogP contribution >= 0.6 is 10.2 Å². The Morgan fingerprint density at radius 1 is 0.778 bits per heavy atom. The number of halogens is 5. The molecule has 1 aromatic carbocycles. The van der Waals surface area contributed by atoms with Gasteiger partial charge in [0, 0.05) is 0 Å². The molecule has 0 heterocycles. The van der Waals surface area contributed by atoms with Crippen molar-refractivity contribution in [3.63, 3.8) is 0 Å². The van der Waals surface area contributed by atoms with Gasteiger partial charge in [0.15, 0.2) is 0 Å². The fraction of sp³-hybridized carbons (Fsp3) is 0.500. The van der Waals surface area contributed by atoms with E-state index in [1.165, 1.54) is 41.5 Å². The summed E-state index contributed by atoms with van der Waals surface area (Å²) in [5.41, 5.74) is -2.47. The molecule has 0 bridgehead atoms. The molecule has 0 atom stereocenters. The van der Waals surface area contributed by atoms with Crippen LogP contribution < -0.4 is 4.90 Å². The second-order valence-electron chi connectivity index (χ2n) is 7.76. The Hall–Kier alpha value is -2.04. The van der Waals surface area contributed by atoms with Gasteiger partial charge in [-0.25, -0.2) is 9.59 Å². The Balaban J connectivity index is 3.36. The zero-order valence-electron chi connectivity index (χ0n) is 15.7. The summed E-state index contributed by atoms with van der Waals surface area (Å²) in [6.45, 7) is 9.06. The van der Waals surface area contributed by atoms with Crippen LogP contribution in [0.15, 0.2) is 29.2 Å². The third kappa shape index (κ3) is 7.24. The molecule has 0 aliphatic heterocycles. The molecule has 1 aromatic rings. The van der Waals surface area contributed by atoms with E-state index in [0.29, 0.717) is 17.0 Å². The van der Waals surface area contributed by atoms with E-state index < -0.39 is 44.2 Å². The van der Waals surface area contributed by atoms with Crippen LogP contribution in [0.2, 0.25) is 0 Å². The highest BCUT2D eigenvalue weighted by atomic mass is 32.5. The molecule has 156 valence electrons. The minimum atomic E-state index is -9.88. The standard InChI is InChI=1S/C16H22F5NO4S/c1-15(2,3)25-13(23)22(14(24)26-16(4,5)6)11-7-9-12(10-8-11)27(17,18,19,20)21/h7-10H,1-6H3. The van der Waals surface area contributed by atoms with Gasteiger partial charge in [-0.2, -0.15) is 4.90 Å². The summed E-state index contributed by atoms with van der Waals surface area (Å²) in [6.07, 6.45) is -2.45. The summed E-state index contributed by atoms with van der Waals surface area (Å²) >= 11 is 0. The van der Waals surface area contributed by atoms with E-state index in [9.17, 15) is 29.0 Å². The van der Waals surface area contributed by atoms with Crippen molar-refractivity contribution in [3.8, 4) is 0 Å². The largest absolute Gasteiger partial charge is 0.443 e. The normalized spacial score (nSPS) is 15.4. The fourth-order valence-corrected chi connectivity index (χ4v) is 2.40. The molecule has 0 radical (unpaired) electrons. The summed E-state index contributed by atoms with van der Waals surface area (Å²) in [5, 5.41) is 0. The van der Waals surface area contributed by atoms with Crippen molar-refractivity contribution in [2.45, 2.75) is 57.6 Å². The number of carbonyl (C=O) groups excluding carboxylic acids is 2. The molecule has 0 aliphatic rings. The monoisotopic (exact) mass is 419 g/mol. The van der Waals surface area contributed by atoms with Crippen molar-refractivity contribution in [1.82, 2.24) is 0 Å². The predicted molar refractivity (Wildman–Crippen MR) is 92.8 cm³/mol. The lowest BCUT2D eigenvalue weighted by Crippen LogP contribution is -2.43. The minimum Gasteiger partial charge on any atom is -0.443 e. The highest BCUT2D eigenvalue weighted by molar-refractivity contribution is 8.45. The quantitative estimate of drug-likeness (QED) is 0.483. The molecule has 0 N–H and O–H groups in total. The van der Waals surface area contributed by atoms with Gasteiger partial charge in [-0.1, -0.05) is 19.4 Å². The van der Waals surface area contributed by atoms with Gasteiger partial charge in [-0.15, -0.1) is 0 Å². The van der Waals surface area contributed by atoms with E-state index in [0.717, 1.165) is 0 Å². The van der Waals surface area contributed by atoms with E-state index in [1.54, 1.807) is 0 Å². The van der Waals surface area contributed by atoms with Crippen LogP contribution in [-0.2, 0) is 9.47 Å². The average Bonchev–Trinajstić information content (AvgIpc) is 2.31. The SMILES string of the molecule is CC(C)(C)OC(=O)N(C(=O)OC(C)(C)C)c1ccc(S(F)(F)(F)(F)F)cc1. The van der Waals surface area contributed by atoms with Gasteiger partial charge in [0.05, 0.1) is 5.69 Å². The number of carbonyl (C=O) groups is 2. The van der Waals surface area contributed by atoms with Gasteiger partial charge >= 0.3 is 22.4 Å². The first-order chi connectivity index (χ1) is 11.6. The van der Waals surface area contributed by atoms with Crippen molar-refractivity contribution in [2.24, 2.45) is 0 Å². The first kappa shape index (κ1) is 23.0. The lowest BCUT2D eigenvalue weighted by atomic mass is 10.2. The Morgan fingerprint density at radius 3 is 1.37 bits per heavy atom. The van der Waals surface area contributed by atoms with Gasteiger partial charge in [0.25, 0.3) is 0 Å². The predicted octanol–water partition coefficient (Wildman–Crippen LogP) is 7.02. The molecule has 1 rings (SSSR count). The van der Waals surface area contributed by atoms with Crippen molar-refractivity contribution < 1.29 is 38.5 Å². The fourth-order valence-electron chi connectivity index (χ4n) is 1.75. The Kier molecular flexibility index (Phi) is 5.09. The maximum atomic E-state index is 12.8. The second kappa shape index (κ2) is 5.98. The highest BCUT2D eigenvalue weighted by Crippen LogP contribution is 3.02. The first-order valence-electron chi connectivity index (χ1n) is 7.69. The van der Waals surface area contributed by atoms with E-state index in [2.05, 4.69) is 0 Å². The van der Waals surface area contributed by atoms with Crippen molar-refractivity contribution in [1.29, 1.82) is 0 Å². The molecule has 0 unspecified atom stereocenters. The van der Waals surface area contributed by atoms with Crippen LogP contribution in [0.25, 0.3) is 0 Å². The maximum absolute atomic E-state index is 12.8. The molecule has 0 spiro atoms. The van der Waals surface area contributed by atoms with Gasteiger partial charge in [-0.3, -0.25) is 0 Å². The zero-order valence-corrected chi connectivity index (χ0v) is 16.5. The van der Waals surface area contributed by atoms with Crippen molar-refractivity contribution in [2.75, 3.05) is 4.90 Å². The molecule has 11 heteroatoms. The van der Waals surface area contributed by atoms with Crippen molar-refractivity contribution in [3.05, 3.63) is 24.3 Å². The third-order valence-corrected chi connectivity index (χ3v) is 3.86. The number of imide groups is 1. The average molecular weight is 419 g/mol. The molecule has 0 aromatic heterocycles. The molecule has 0 saturated heterocycles. The molecule has 0 fully saturated rings. The molecular formula is C16H22F5NO4S. The summed E-state index contributed by atoms with van der Waals surface area (Å²) < 4.78 is 74.3. The number of nitrogens with zero attached hydrogens (tertiary/aromatic N) is 1. The van der Waals surface area contributed by atoms with Gasteiger partial charge in [-0.05, 0) is 65.8 Å². The summed E-state index contributed by atoms with van der Waals surface area (Å²) in [6, 6.07) is 1.33. The second-order valence-corrected chi connectivity index (χ2v) is 10.2. The Morgan fingerprint density at radius 2 is 1.11 bits per heavy atom. The van der Waals surface area contributed by atoms with E-state index in [1.807, 2.05) is 0 Å². The number of hydrogen-bond donors (Lipinski definition) is 0. The smallest absolute Gasteiger partial charge is 0.424 e. The van der Waals surface area contributed by atoms with Crippen LogP contribution in [0, 0.1) is 0 Å². The molecule has 0 saturated carbocycles. The lowest BCUT2D eigenvalue weighted by Gasteiger charge is -2.40. The van der Waals surface area contributed by atoms with Crippen LogP contribution in [-0.4, -0.2) is 23.4 Å². The lowest BCUT2D eigenvalue weighted by molar-refractivity contribution is 0.0430. The highest BCUT2D eigenvalue weighted by Gasteiger charge is 2.65. The maximum Gasteiger partial charge on any atom is 0.424 e. The molecule has 2 amide bonds. The van der Waals surface area contributed by atoms with Gasteiger partial charge in [0.1, 0.15) is 16.1 Å². The third-order valence-electron chi connectivity index (χ3n) is 2.69.